The molecule has 2 atom stereocenters. The molecule has 2 aromatic rings. The smallest absolute Gasteiger partial charge is 0.244 e. The Hall–Kier alpha value is -2.05. The van der Waals surface area contributed by atoms with Gasteiger partial charge in [0.1, 0.15) is 6.04 Å². The average molecular weight is 409 g/mol. The minimum atomic E-state index is -3.66. The molecule has 2 aromatic carbocycles. The van der Waals surface area contributed by atoms with Crippen LogP contribution in [0.25, 0.3) is 0 Å². The number of hydrogen-bond donors (Lipinski definition) is 1. The Morgan fingerprint density at radius 2 is 1.67 bits per heavy atom. The largest absolute Gasteiger partial charge is 0.348 e. The fourth-order valence-electron chi connectivity index (χ4n) is 3.03. The molecule has 5 nitrogen and oxygen atoms in total. The fraction of sp³-hybridized carbons (Fsp3) is 0.350. The van der Waals surface area contributed by atoms with Gasteiger partial charge in [0, 0.05) is 5.02 Å². The highest BCUT2D eigenvalue weighted by Gasteiger charge is 2.30. The van der Waals surface area contributed by atoms with Crippen molar-refractivity contribution in [2.75, 3.05) is 10.6 Å². The number of nitrogens with one attached hydrogen (secondary N) is 1. The van der Waals surface area contributed by atoms with Crippen LogP contribution in [0, 0.1) is 13.8 Å². The first-order valence-corrected chi connectivity index (χ1v) is 10.9. The van der Waals surface area contributed by atoms with Crippen LogP contribution in [0.1, 0.15) is 36.6 Å². The SMILES string of the molecule is Cc1ccc(C)c(C(C)NC(=O)C(C)N(c2ccc(Cl)cc2)S(C)(=O)=O)c1. The van der Waals surface area contributed by atoms with Gasteiger partial charge in [-0.15, -0.1) is 0 Å². The van der Waals surface area contributed by atoms with Crippen LogP contribution in [-0.4, -0.2) is 26.6 Å². The minimum Gasteiger partial charge on any atom is -0.348 e. The van der Waals surface area contributed by atoms with Crippen molar-refractivity contribution >= 4 is 33.2 Å². The van der Waals surface area contributed by atoms with E-state index < -0.39 is 16.1 Å². The van der Waals surface area contributed by atoms with Crippen molar-refractivity contribution in [3.63, 3.8) is 0 Å². The molecule has 0 fully saturated rings. The molecule has 7 heteroatoms. The van der Waals surface area contributed by atoms with Crippen molar-refractivity contribution in [3.8, 4) is 0 Å². The van der Waals surface area contributed by atoms with Gasteiger partial charge in [-0.05, 0) is 63.1 Å². The van der Waals surface area contributed by atoms with Crippen molar-refractivity contribution in [1.29, 1.82) is 0 Å². The van der Waals surface area contributed by atoms with Crippen LogP contribution in [-0.2, 0) is 14.8 Å². The standard InChI is InChI=1S/C20H25ClN2O3S/c1-13-6-7-14(2)19(12-13)15(3)22-20(24)16(4)23(27(5,25)26)18-10-8-17(21)9-11-18/h6-12,15-16H,1-5H3,(H,22,24). The molecule has 146 valence electrons. The number of aryl methyl sites for hydroxylation is 2. The number of halogens is 1. The third kappa shape index (κ3) is 5.23. The number of hydrogen-bond acceptors (Lipinski definition) is 3. The van der Waals surface area contributed by atoms with Crippen molar-refractivity contribution in [3.05, 3.63) is 64.2 Å². The summed E-state index contributed by atoms with van der Waals surface area (Å²) in [5.41, 5.74) is 3.57. The van der Waals surface area contributed by atoms with E-state index in [0.29, 0.717) is 10.7 Å². The van der Waals surface area contributed by atoms with Crippen LogP contribution in [0.2, 0.25) is 5.02 Å². The number of carbonyl (C=O) groups excluding carboxylic acids is 1. The van der Waals surface area contributed by atoms with Crippen LogP contribution in [0.4, 0.5) is 5.69 Å². The number of nitrogens with zero attached hydrogens (tertiary/aromatic N) is 1. The maximum atomic E-state index is 12.8. The lowest BCUT2D eigenvalue weighted by molar-refractivity contribution is -0.122. The molecule has 0 bridgehead atoms. The summed E-state index contributed by atoms with van der Waals surface area (Å²) in [5.74, 6) is -0.371. The summed E-state index contributed by atoms with van der Waals surface area (Å²) in [4.78, 5) is 12.8. The summed E-state index contributed by atoms with van der Waals surface area (Å²) in [5, 5.41) is 3.42. The quantitative estimate of drug-likeness (QED) is 0.785. The zero-order chi connectivity index (χ0) is 20.4. The number of sulfonamides is 1. The van der Waals surface area contributed by atoms with Gasteiger partial charge in [0.15, 0.2) is 0 Å². The summed E-state index contributed by atoms with van der Waals surface area (Å²) >= 11 is 5.89. The predicted octanol–water partition coefficient (Wildman–Crippen LogP) is 3.99. The Balaban J connectivity index is 2.27. The zero-order valence-corrected chi connectivity index (χ0v) is 17.7. The van der Waals surface area contributed by atoms with E-state index in [9.17, 15) is 13.2 Å². The molecule has 0 radical (unpaired) electrons. The first kappa shape index (κ1) is 21.3. The van der Waals surface area contributed by atoms with Crippen molar-refractivity contribution in [2.24, 2.45) is 0 Å². The third-order valence-electron chi connectivity index (χ3n) is 4.43. The molecule has 0 aliphatic carbocycles. The number of carbonyl (C=O) groups is 1. The topological polar surface area (TPSA) is 66.5 Å². The first-order valence-electron chi connectivity index (χ1n) is 8.63. The highest BCUT2D eigenvalue weighted by atomic mass is 35.5. The van der Waals surface area contributed by atoms with Crippen LogP contribution >= 0.6 is 11.6 Å². The summed E-state index contributed by atoms with van der Waals surface area (Å²) in [6.07, 6.45) is 1.08. The number of anilines is 1. The van der Waals surface area contributed by atoms with Gasteiger partial charge in [-0.2, -0.15) is 0 Å². The van der Waals surface area contributed by atoms with E-state index in [0.717, 1.165) is 27.3 Å². The molecule has 1 amide bonds. The molecule has 0 aliphatic rings. The summed E-state index contributed by atoms with van der Waals surface area (Å²) < 4.78 is 25.8. The normalized spacial score (nSPS) is 13.7. The second-order valence-electron chi connectivity index (χ2n) is 6.80. The van der Waals surface area contributed by atoms with Crippen molar-refractivity contribution < 1.29 is 13.2 Å². The molecule has 0 spiro atoms. The van der Waals surface area contributed by atoms with Gasteiger partial charge in [0.2, 0.25) is 15.9 Å². The minimum absolute atomic E-state index is 0.244. The van der Waals surface area contributed by atoms with E-state index in [1.54, 1.807) is 31.2 Å². The second-order valence-corrected chi connectivity index (χ2v) is 9.10. The van der Waals surface area contributed by atoms with Crippen LogP contribution in [0.3, 0.4) is 0 Å². The second kappa shape index (κ2) is 8.31. The monoisotopic (exact) mass is 408 g/mol. The maximum Gasteiger partial charge on any atom is 0.244 e. The van der Waals surface area contributed by atoms with Crippen molar-refractivity contribution in [2.45, 2.75) is 39.8 Å². The van der Waals surface area contributed by atoms with E-state index in [1.165, 1.54) is 0 Å². The highest BCUT2D eigenvalue weighted by Crippen LogP contribution is 2.24. The van der Waals surface area contributed by atoms with E-state index in [1.807, 2.05) is 39.0 Å². The van der Waals surface area contributed by atoms with Crippen LogP contribution in [0.15, 0.2) is 42.5 Å². The van der Waals surface area contributed by atoms with Crippen LogP contribution < -0.4 is 9.62 Å². The molecule has 0 saturated carbocycles. The summed E-state index contributed by atoms with van der Waals surface area (Å²) in [7, 11) is -3.66. The highest BCUT2D eigenvalue weighted by molar-refractivity contribution is 7.92. The van der Waals surface area contributed by atoms with Gasteiger partial charge >= 0.3 is 0 Å². The molecule has 2 unspecified atom stereocenters. The number of amides is 1. The van der Waals surface area contributed by atoms with Gasteiger partial charge < -0.3 is 5.32 Å². The molecule has 27 heavy (non-hydrogen) atoms. The van der Waals surface area contributed by atoms with E-state index in [-0.39, 0.29) is 11.9 Å². The van der Waals surface area contributed by atoms with Gasteiger partial charge in [0.05, 0.1) is 18.0 Å². The van der Waals surface area contributed by atoms with E-state index in [2.05, 4.69) is 5.32 Å². The maximum absolute atomic E-state index is 12.8. The Morgan fingerprint density at radius 1 is 1.07 bits per heavy atom. The lowest BCUT2D eigenvalue weighted by Crippen LogP contribution is -2.48. The van der Waals surface area contributed by atoms with Gasteiger partial charge in [-0.3, -0.25) is 9.10 Å². The molecule has 0 heterocycles. The van der Waals surface area contributed by atoms with Crippen molar-refractivity contribution in [1.82, 2.24) is 5.32 Å². The Labute approximate surface area is 166 Å². The zero-order valence-electron chi connectivity index (χ0n) is 16.2. The molecule has 0 saturated heterocycles. The fourth-order valence-corrected chi connectivity index (χ4v) is 4.34. The van der Waals surface area contributed by atoms with Crippen LogP contribution in [0.5, 0.6) is 0 Å². The average Bonchev–Trinajstić information content (AvgIpc) is 2.57. The van der Waals surface area contributed by atoms with E-state index in [4.69, 9.17) is 11.6 Å². The van der Waals surface area contributed by atoms with E-state index >= 15 is 0 Å². The molecule has 0 aromatic heterocycles. The number of rotatable bonds is 6. The number of benzene rings is 2. The Morgan fingerprint density at radius 3 is 2.22 bits per heavy atom. The Bertz CT molecular complexity index is 927. The first-order chi connectivity index (χ1) is 12.5. The van der Waals surface area contributed by atoms with Gasteiger partial charge in [-0.25, -0.2) is 8.42 Å². The summed E-state index contributed by atoms with van der Waals surface area (Å²) in [6, 6.07) is 11.3. The lowest BCUT2D eigenvalue weighted by Gasteiger charge is -2.29. The molecular weight excluding hydrogens is 384 g/mol. The molecule has 1 N–H and O–H groups in total. The molecular formula is C20H25ClN2O3S. The summed E-state index contributed by atoms with van der Waals surface area (Å²) in [6.45, 7) is 7.43. The molecule has 0 aliphatic heterocycles. The third-order valence-corrected chi connectivity index (χ3v) is 5.92. The molecule has 2 rings (SSSR count). The predicted molar refractivity (Wildman–Crippen MR) is 111 cm³/mol. The lowest BCUT2D eigenvalue weighted by atomic mass is 10.00. The Kier molecular flexibility index (Phi) is 6.54. The van der Waals surface area contributed by atoms with Gasteiger partial charge in [-0.1, -0.05) is 35.4 Å². The van der Waals surface area contributed by atoms with Gasteiger partial charge in [0.25, 0.3) is 0 Å².